The van der Waals surface area contributed by atoms with Crippen LogP contribution in [0.3, 0.4) is 0 Å². The first kappa shape index (κ1) is 15.7. The zero-order chi connectivity index (χ0) is 17.4. The second-order valence-electron chi connectivity index (χ2n) is 5.71. The molecule has 122 valence electrons. The Morgan fingerprint density at radius 1 is 0.833 bits per heavy atom. The predicted molar refractivity (Wildman–Crippen MR) is 89.8 cm³/mol. The Hall–Kier alpha value is -3.15. The number of benzene rings is 2. The highest BCUT2D eigenvalue weighted by molar-refractivity contribution is 6.22. The summed E-state index contributed by atoms with van der Waals surface area (Å²) >= 11 is 0. The predicted octanol–water partition coefficient (Wildman–Crippen LogP) is 2.04. The molecule has 0 bridgehead atoms. The van der Waals surface area contributed by atoms with Crippen molar-refractivity contribution in [3.05, 3.63) is 65.2 Å². The molecule has 0 N–H and O–H groups in total. The third-order valence-electron chi connectivity index (χ3n) is 3.98. The quantitative estimate of drug-likeness (QED) is 0.811. The molecule has 6 nitrogen and oxygen atoms in total. The Morgan fingerprint density at radius 3 is 1.88 bits per heavy atom. The maximum absolute atomic E-state index is 12.9. The topological polar surface area (TPSA) is 60.9 Å². The first-order valence-electron chi connectivity index (χ1n) is 7.45. The van der Waals surface area contributed by atoms with Gasteiger partial charge in [-0.2, -0.15) is 5.01 Å². The van der Waals surface area contributed by atoms with Crippen LogP contribution in [-0.2, 0) is 0 Å². The van der Waals surface area contributed by atoms with E-state index in [2.05, 4.69) is 0 Å². The highest BCUT2D eigenvalue weighted by Gasteiger charge is 2.40. The van der Waals surface area contributed by atoms with Gasteiger partial charge >= 0.3 is 0 Å². The van der Waals surface area contributed by atoms with Gasteiger partial charge in [0.25, 0.3) is 17.7 Å². The van der Waals surface area contributed by atoms with Gasteiger partial charge in [0.1, 0.15) is 0 Å². The summed E-state index contributed by atoms with van der Waals surface area (Å²) in [5.74, 6) is -1.41. The van der Waals surface area contributed by atoms with E-state index in [1.54, 1.807) is 36.4 Å². The molecule has 0 saturated heterocycles. The minimum Gasteiger partial charge on any atom is -0.377 e. The molecule has 0 fully saturated rings. The van der Waals surface area contributed by atoms with Crippen molar-refractivity contribution in [1.82, 2.24) is 10.0 Å². The van der Waals surface area contributed by atoms with E-state index in [1.165, 1.54) is 7.05 Å². The normalized spacial score (nSPS) is 13.0. The summed E-state index contributed by atoms with van der Waals surface area (Å²) in [5, 5.41) is 1.96. The summed E-state index contributed by atoms with van der Waals surface area (Å²) in [6.45, 7) is 0. The number of hydrogen-bond acceptors (Lipinski definition) is 4. The number of nitrogens with zero attached hydrogens (tertiary/aromatic N) is 3. The van der Waals surface area contributed by atoms with Crippen LogP contribution in [0.15, 0.2) is 48.5 Å². The average molecular weight is 323 g/mol. The molecular formula is C18H17N3O3. The molecule has 2 aromatic rings. The van der Waals surface area contributed by atoms with Crippen LogP contribution < -0.4 is 4.90 Å². The van der Waals surface area contributed by atoms with E-state index in [-0.39, 0.29) is 0 Å². The number of hydrogen-bond donors (Lipinski definition) is 0. The minimum absolute atomic E-state index is 0.308. The van der Waals surface area contributed by atoms with Gasteiger partial charge in [-0.05, 0) is 24.3 Å². The van der Waals surface area contributed by atoms with Gasteiger partial charge in [-0.1, -0.05) is 24.3 Å². The van der Waals surface area contributed by atoms with Crippen molar-refractivity contribution in [3.8, 4) is 0 Å². The Labute approximate surface area is 139 Å². The number of rotatable bonds is 3. The lowest BCUT2D eigenvalue weighted by Crippen LogP contribution is -2.47. The number of anilines is 1. The Kier molecular flexibility index (Phi) is 3.81. The second-order valence-corrected chi connectivity index (χ2v) is 5.71. The average Bonchev–Trinajstić information content (AvgIpc) is 2.85. The molecule has 0 saturated carbocycles. The van der Waals surface area contributed by atoms with Crippen LogP contribution in [0.4, 0.5) is 5.69 Å². The van der Waals surface area contributed by atoms with E-state index in [4.69, 9.17) is 0 Å². The molecule has 0 spiro atoms. The maximum atomic E-state index is 12.9. The zero-order valence-corrected chi connectivity index (χ0v) is 13.7. The number of amides is 3. The van der Waals surface area contributed by atoms with Gasteiger partial charge in [0.2, 0.25) is 0 Å². The first-order valence-corrected chi connectivity index (χ1v) is 7.45. The molecule has 0 radical (unpaired) electrons. The van der Waals surface area contributed by atoms with Crippen LogP contribution >= 0.6 is 0 Å². The second kappa shape index (κ2) is 5.81. The van der Waals surface area contributed by atoms with Crippen LogP contribution in [0.5, 0.6) is 0 Å². The van der Waals surface area contributed by atoms with Crippen molar-refractivity contribution in [2.24, 2.45) is 0 Å². The Morgan fingerprint density at radius 2 is 1.33 bits per heavy atom. The zero-order valence-electron chi connectivity index (χ0n) is 13.7. The fourth-order valence-corrected chi connectivity index (χ4v) is 2.76. The standard InChI is InChI=1S/C18H17N3O3/c1-19(2)15-11-7-6-10-14(15)16(22)20(3)21-17(23)12-8-4-5-9-13(12)18(21)24/h4-11H,1-3H3. The van der Waals surface area contributed by atoms with Gasteiger partial charge in [-0.15, -0.1) is 0 Å². The van der Waals surface area contributed by atoms with Gasteiger partial charge < -0.3 is 4.90 Å². The summed E-state index contributed by atoms with van der Waals surface area (Å²) in [6, 6.07) is 13.6. The highest BCUT2D eigenvalue weighted by atomic mass is 16.2. The van der Waals surface area contributed by atoms with Crippen LogP contribution in [0.25, 0.3) is 0 Å². The van der Waals surface area contributed by atoms with E-state index in [0.717, 1.165) is 10.0 Å². The minimum atomic E-state index is -0.492. The molecular weight excluding hydrogens is 306 g/mol. The van der Waals surface area contributed by atoms with Crippen molar-refractivity contribution in [3.63, 3.8) is 0 Å². The van der Waals surface area contributed by atoms with E-state index >= 15 is 0 Å². The number of hydrazine groups is 1. The molecule has 0 aliphatic carbocycles. The van der Waals surface area contributed by atoms with Crippen molar-refractivity contribution < 1.29 is 14.4 Å². The van der Waals surface area contributed by atoms with Gasteiger partial charge in [0.05, 0.1) is 16.7 Å². The van der Waals surface area contributed by atoms with Gasteiger partial charge in [0.15, 0.2) is 0 Å². The van der Waals surface area contributed by atoms with Gasteiger partial charge in [-0.25, -0.2) is 5.01 Å². The molecule has 0 unspecified atom stereocenters. The summed E-state index contributed by atoms with van der Waals surface area (Å²) in [6.07, 6.45) is 0. The van der Waals surface area contributed by atoms with E-state index in [1.807, 2.05) is 31.1 Å². The highest BCUT2D eigenvalue weighted by Crippen LogP contribution is 2.26. The van der Waals surface area contributed by atoms with Crippen molar-refractivity contribution in [1.29, 1.82) is 0 Å². The van der Waals surface area contributed by atoms with Crippen LogP contribution in [-0.4, -0.2) is 48.9 Å². The fraction of sp³-hybridized carbons (Fsp3) is 0.167. The molecule has 1 aliphatic rings. The van der Waals surface area contributed by atoms with E-state index < -0.39 is 17.7 Å². The van der Waals surface area contributed by atoms with Crippen molar-refractivity contribution >= 4 is 23.4 Å². The molecule has 3 rings (SSSR count). The molecule has 0 atom stereocenters. The number of imide groups is 1. The van der Waals surface area contributed by atoms with Gasteiger partial charge in [-0.3, -0.25) is 14.4 Å². The smallest absolute Gasteiger partial charge is 0.280 e. The molecule has 1 aliphatic heterocycles. The molecule has 3 amide bonds. The summed E-state index contributed by atoms with van der Waals surface area (Å²) < 4.78 is 0. The van der Waals surface area contributed by atoms with Crippen molar-refractivity contribution in [2.45, 2.75) is 0 Å². The lowest BCUT2D eigenvalue weighted by atomic mass is 10.1. The lowest BCUT2D eigenvalue weighted by Gasteiger charge is -2.27. The molecule has 2 aromatic carbocycles. The largest absolute Gasteiger partial charge is 0.377 e. The first-order chi connectivity index (χ1) is 11.4. The third kappa shape index (κ3) is 2.32. The van der Waals surface area contributed by atoms with Gasteiger partial charge in [0, 0.05) is 26.8 Å². The van der Waals surface area contributed by atoms with Crippen molar-refractivity contribution in [2.75, 3.05) is 26.0 Å². The molecule has 24 heavy (non-hydrogen) atoms. The Bertz CT molecular complexity index is 810. The van der Waals surface area contributed by atoms with E-state index in [9.17, 15) is 14.4 Å². The lowest BCUT2D eigenvalue weighted by molar-refractivity contribution is 0.0128. The fourth-order valence-electron chi connectivity index (χ4n) is 2.76. The monoisotopic (exact) mass is 323 g/mol. The SMILES string of the molecule is CN(C)c1ccccc1C(=O)N(C)N1C(=O)c2ccccc2C1=O. The number of para-hydroxylation sites is 1. The van der Waals surface area contributed by atoms with Crippen LogP contribution in [0, 0.1) is 0 Å². The molecule has 1 heterocycles. The maximum Gasteiger partial charge on any atom is 0.280 e. The molecule has 6 heteroatoms. The number of carbonyl (C=O) groups excluding carboxylic acids is 3. The van der Waals surface area contributed by atoms with E-state index in [0.29, 0.717) is 22.4 Å². The van der Waals surface area contributed by atoms with Crippen LogP contribution in [0.1, 0.15) is 31.1 Å². The summed E-state index contributed by atoms with van der Waals surface area (Å²) in [4.78, 5) is 39.7. The molecule has 0 aromatic heterocycles. The summed E-state index contributed by atoms with van der Waals surface area (Å²) in [5.41, 5.74) is 1.75. The third-order valence-corrected chi connectivity index (χ3v) is 3.98. The number of fused-ring (bicyclic) bond motifs is 1. The number of carbonyl (C=O) groups is 3. The van der Waals surface area contributed by atoms with Crippen LogP contribution in [0.2, 0.25) is 0 Å². The summed E-state index contributed by atoms with van der Waals surface area (Å²) in [7, 11) is 5.08. The Balaban J connectivity index is 1.96.